The third-order valence-corrected chi connectivity index (χ3v) is 5.08. The van der Waals surface area contributed by atoms with Crippen molar-refractivity contribution in [1.29, 1.82) is 0 Å². The number of hydrogen-bond acceptors (Lipinski definition) is 5. The Morgan fingerprint density at radius 2 is 2.08 bits per heavy atom. The lowest BCUT2D eigenvalue weighted by atomic mass is 9.95. The maximum atomic E-state index is 11.0. The van der Waals surface area contributed by atoms with E-state index in [-0.39, 0.29) is 0 Å². The molecule has 3 rings (SSSR count). The number of carboxylic acids is 1. The summed E-state index contributed by atoms with van der Waals surface area (Å²) in [5.74, 6) is 0.184. The van der Waals surface area contributed by atoms with Gasteiger partial charge in [-0.05, 0) is 75.0 Å². The first kappa shape index (κ1) is 17.7. The summed E-state index contributed by atoms with van der Waals surface area (Å²) >= 11 is 0. The lowest BCUT2D eigenvalue weighted by Gasteiger charge is -2.22. The molecule has 6 nitrogen and oxygen atoms in total. The van der Waals surface area contributed by atoms with E-state index in [0.29, 0.717) is 6.42 Å². The van der Waals surface area contributed by atoms with E-state index in [1.54, 1.807) is 6.92 Å². The largest absolute Gasteiger partial charge is 0.494 e. The standard InChI is InChI=1S/C19H26N2O4/c1-13(19(22)23)18-12-17(21-25-18)15-2-4-16(5-3-15)24-11-8-14-6-9-20-10-7-14/h2-5,13-14,18,20H,6-12H2,1H3,(H,22,23)/t13-,18+/m0/s1. The molecule has 1 fully saturated rings. The molecule has 2 aliphatic rings. The van der Waals surface area contributed by atoms with Gasteiger partial charge in [0, 0.05) is 6.42 Å². The molecule has 0 radical (unpaired) electrons. The molecule has 0 aromatic heterocycles. The predicted octanol–water partition coefficient (Wildman–Crippen LogP) is 2.67. The fraction of sp³-hybridized carbons (Fsp3) is 0.579. The number of hydrogen-bond donors (Lipinski definition) is 2. The lowest BCUT2D eigenvalue weighted by molar-refractivity contribution is -0.145. The van der Waals surface area contributed by atoms with Gasteiger partial charge in [-0.1, -0.05) is 5.16 Å². The predicted molar refractivity (Wildman–Crippen MR) is 95.0 cm³/mol. The number of oxime groups is 1. The van der Waals surface area contributed by atoms with Crippen LogP contribution in [0.15, 0.2) is 29.4 Å². The van der Waals surface area contributed by atoms with Crippen LogP contribution in [0.4, 0.5) is 0 Å². The van der Waals surface area contributed by atoms with Crippen molar-refractivity contribution < 1.29 is 19.5 Å². The second-order valence-electron chi connectivity index (χ2n) is 6.87. The first-order valence-corrected chi connectivity index (χ1v) is 9.03. The Morgan fingerprint density at radius 1 is 1.36 bits per heavy atom. The van der Waals surface area contributed by atoms with Crippen molar-refractivity contribution in [2.75, 3.05) is 19.7 Å². The third-order valence-electron chi connectivity index (χ3n) is 5.08. The van der Waals surface area contributed by atoms with Crippen molar-refractivity contribution in [3.8, 4) is 5.75 Å². The minimum absolute atomic E-state index is 0.395. The molecule has 0 aliphatic carbocycles. The highest BCUT2D eigenvalue weighted by Gasteiger charge is 2.31. The van der Waals surface area contributed by atoms with Gasteiger partial charge in [-0.2, -0.15) is 0 Å². The lowest BCUT2D eigenvalue weighted by Crippen LogP contribution is -2.28. The van der Waals surface area contributed by atoms with Crippen LogP contribution in [0.3, 0.4) is 0 Å². The Bertz CT molecular complexity index is 608. The highest BCUT2D eigenvalue weighted by Crippen LogP contribution is 2.24. The van der Waals surface area contributed by atoms with Crippen molar-refractivity contribution in [3.63, 3.8) is 0 Å². The first-order valence-electron chi connectivity index (χ1n) is 9.03. The Balaban J connectivity index is 1.46. The van der Waals surface area contributed by atoms with E-state index < -0.39 is 18.0 Å². The Hall–Kier alpha value is -2.08. The first-order chi connectivity index (χ1) is 12.1. The van der Waals surface area contributed by atoms with Crippen molar-refractivity contribution in [1.82, 2.24) is 5.32 Å². The minimum Gasteiger partial charge on any atom is -0.494 e. The summed E-state index contributed by atoms with van der Waals surface area (Å²) in [6, 6.07) is 7.79. The molecule has 2 aliphatic heterocycles. The maximum absolute atomic E-state index is 11.0. The summed E-state index contributed by atoms with van der Waals surface area (Å²) in [6.07, 6.45) is 3.69. The molecule has 25 heavy (non-hydrogen) atoms. The molecule has 2 N–H and O–H groups in total. The van der Waals surface area contributed by atoms with Crippen LogP contribution in [-0.2, 0) is 9.63 Å². The van der Waals surface area contributed by atoms with E-state index >= 15 is 0 Å². The Kier molecular flexibility index (Phi) is 5.91. The van der Waals surface area contributed by atoms with Crippen LogP contribution in [0.2, 0.25) is 0 Å². The van der Waals surface area contributed by atoms with Crippen LogP contribution < -0.4 is 10.1 Å². The normalized spacial score (nSPS) is 22.1. The molecule has 0 unspecified atom stereocenters. The molecule has 1 saturated heterocycles. The summed E-state index contributed by atoms with van der Waals surface area (Å²) in [4.78, 5) is 16.3. The molecule has 0 bridgehead atoms. The molecular weight excluding hydrogens is 320 g/mol. The number of aliphatic carboxylic acids is 1. The van der Waals surface area contributed by atoms with E-state index in [1.807, 2.05) is 24.3 Å². The van der Waals surface area contributed by atoms with E-state index in [0.717, 1.165) is 49.1 Å². The van der Waals surface area contributed by atoms with Gasteiger partial charge in [0.05, 0.1) is 18.2 Å². The van der Waals surface area contributed by atoms with Crippen LogP contribution in [0.5, 0.6) is 5.75 Å². The number of benzene rings is 1. The number of ether oxygens (including phenoxy) is 1. The number of piperidine rings is 1. The zero-order valence-electron chi connectivity index (χ0n) is 14.6. The summed E-state index contributed by atoms with van der Waals surface area (Å²) in [7, 11) is 0. The molecule has 0 spiro atoms. The molecule has 1 aromatic rings. The number of carboxylic acid groups (broad SMARTS) is 1. The SMILES string of the molecule is C[C@H](C(=O)O)[C@H]1CC(c2ccc(OCCC3CCNCC3)cc2)=NO1. The van der Waals surface area contributed by atoms with E-state index in [1.165, 1.54) is 12.8 Å². The molecule has 2 heterocycles. The van der Waals surface area contributed by atoms with Gasteiger partial charge in [0.2, 0.25) is 0 Å². The highest BCUT2D eigenvalue weighted by molar-refractivity contribution is 6.01. The quantitative estimate of drug-likeness (QED) is 0.793. The molecule has 0 amide bonds. The Morgan fingerprint density at radius 3 is 2.76 bits per heavy atom. The van der Waals surface area contributed by atoms with Crippen LogP contribution in [0, 0.1) is 11.8 Å². The van der Waals surface area contributed by atoms with Gasteiger partial charge in [0.1, 0.15) is 11.9 Å². The molecule has 1 aromatic carbocycles. The van der Waals surface area contributed by atoms with E-state index in [9.17, 15) is 4.79 Å². The van der Waals surface area contributed by atoms with Gasteiger partial charge < -0.3 is 20.0 Å². The van der Waals surface area contributed by atoms with Crippen molar-refractivity contribution >= 4 is 11.7 Å². The molecule has 2 atom stereocenters. The van der Waals surface area contributed by atoms with Crippen LogP contribution in [0.1, 0.15) is 38.2 Å². The van der Waals surface area contributed by atoms with Gasteiger partial charge in [0.25, 0.3) is 0 Å². The summed E-state index contributed by atoms with van der Waals surface area (Å²) < 4.78 is 5.85. The average Bonchev–Trinajstić information content (AvgIpc) is 3.12. The van der Waals surface area contributed by atoms with Gasteiger partial charge in [-0.3, -0.25) is 4.79 Å². The molecular formula is C19H26N2O4. The van der Waals surface area contributed by atoms with Crippen molar-refractivity contribution in [2.24, 2.45) is 17.0 Å². The fourth-order valence-corrected chi connectivity index (χ4v) is 3.25. The zero-order chi connectivity index (χ0) is 17.6. The smallest absolute Gasteiger partial charge is 0.310 e. The second-order valence-corrected chi connectivity index (χ2v) is 6.87. The number of carbonyl (C=O) groups is 1. The van der Waals surface area contributed by atoms with Gasteiger partial charge in [0.15, 0.2) is 0 Å². The summed E-state index contributed by atoms with van der Waals surface area (Å²) in [5, 5.41) is 16.5. The minimum atomic E-state index is -0.862. The third kappa shape index (κ3) is 4.72. The molecule has 0 saturated carbocycles. The second kappa shape index (κ2) is 8.34. The molecule has 6 heteroatoms. The van der Waals surface area contributed by atoms with Crippen LogP contribution in [-0.4, -0.2) is 42.6 Å². The van der Waals surface area contributed by atoms with Gasteiger partial charge >= 0.3 is 5.97 Å². The number of nitrogens with zero attached hydrogens (tertiary/aromatic N) is 1. The molecule has 136 valence electrons. The topological polar surface area (TPSA) is 80.2 Å². The number of nitrogens with one attached hydrogen (secondary N) is 1. The Labute approximate surface area is 148 Å². The van der Waals surface area contributed by atoms with Crippen molar-refractivity contribution in [2.45, 2.75) is 38.7 Å². The highest BCUT2D eigenvalue weighted by atomic mass is 16.6. The zero-order valence-corrected chi connectivity index (χ0v) is 14.6. The van der Waals surface area contributed by atoms with Gasteiger partial charge in [-0.15, -0.1) is 0 Å². The van der Waals surface area contributed by atoms with E-state index in [2.05, 4.69) is 10.5 Å². The van der Waals surface area contributed by atoms with Gasteiger partial charge in [-0.25, -0.2) is 0 Å². The average molecular weight is 346 g/mol. The summed E-state index contributed by atoms with van der Waals surface area (Å²) in [5.41, 5.74) is 1.74. The van der Waals surface area contributed by atoms with Crippen molar-refractivity contribution in [3.05, 3.63) is 29.8 Å². The summed E-state index contributed by atoms with van der Waals surface area (Å²) in [6.45, 7) is 4.62. The maximum Gasteiger partial charge on any atom is 0.310 e. The van der Waals surface area contributed by atoms with Crippen LogP contribution >= 0.6 is 0 Å². The van der Waals surface area contributed by atoms with Crippen LogP contribution in [0.25, 0.3) is 0 Å². The fourth-order valence-electron chi connectivity index (χ4n) is 3.25. The van der Waals surface area contributed by atoms with E-state index in [4.69, 9.17) is 14.7 Å². The monoisotopic (exact) mass is 346 g/mol. The number of rotatable bonds is 7.